The predicted molar refractivity (Wildman–Crippen MR) is 42.2 cm³/mol. The SMILES string of the molecule is CC(=O)OC(C)c1cc[cH-]c1. The van der Waals surface area contributed by atoms with Crippen molar-refractivity contribution in [3.05, 3.63) is 29.8 Å². The lowest BCUT2D eigenvalue weighted by Crippen LogP contribution is -2.03. The average molecular weight is 151 g/mol. The molecule has 0 amide bonds. The zero-order valence-corrected chi connectivity index (χ0v) is 6.70. The van der Waals surface area contributed by atoms with Gasteiger partial charge in [0.25, 0.3) is 0 Å². The summed E-state index contributed by atoms with van der Waals surface area (Å²) >= 11 is 0. The Labute approximate surface area is 66.2 Å². The molecule has 0 aliphatic rings. The monoisotopic (exact) mass is 151 g/mol. The minimum Gasteiger partial charge on any atom is -0.472 e. The summed E-state index contributed by atoms with van der Waals surface area (Å²) in [6, 6.07) is 7.73. The first-order chi connectivity index (χ1) is 5.20. The van der Waals surface area contributed by atoms with Gasteiger partial charge in [-0.25, -0.2) is 6.07 Å². The zero-order chi connectivity index (χ0) is 8.27. The van der Waals surface area contributed by atoms with Crippen LogP contribution in [0.1, 0.15) is 25.5 Å². The maximum Gasteiger partial charge on any atom is 0.302 e. The number of ether oxygens (including phenoxy) is 1. The lowest BCUT2D eigenvalue weighted by molar-refractivity contribution is -0.145. The molecule has 1 aromatic rings. The highest BCUT2D eigenvalue weighted by molar-refractivity contribution is 5.66. The third-order valence-electron chi connectivity index (χ3n) is 1.50. The number of hydrogen-bond donors (Lipinski definition) is 0. The smallest absolute Gasteiger partial charge is 0.302 e. The summed E-state index contributed by atoms with van der Waals surface area (Å²) in [6.07, 6.45) is -0.123. The minimum atomic E-state index is -0.237. The van der Waals surface area contributed by atoms with Gasteiger partial charge in [0, 0.05) is 6.92 Å². The summed E-state index contributed by atoms with van der Waals surface area (Å²) in [5.41, 5.74) is 1.04. The largest absolute Gasteiger partial charge is 0.472 e. The van der Waals surface area contributed by atoms with Crippen LogP contribution in [0, 0.1) is 0 Å². The van der Waals surface area contributed by atoms with E-state index in [4.69, 9.17) is 4.74 Å². The summed E-state index contributed by atoms with van der Waals surface area (Å²) in [6.45, 7) is 3.27. The van der Waals surface area contributed by atoms with Gasteiger partial charge in [-0.2, -0.15) is 23.8 Å². The van der Waals surface area contributed by atoms with Crippen molar-refractivity contribution in [3.8, 4) is 0 Å². The number of carbonyl (C=O) groups is 1. The maximum absolute atomic E-state index is 10.5. The molecular formula is C9H11O2-. The van der Waals surface area contributed by atoms with E-state index in [1.165, 1.54) is 6.92 Å². The van der Waals surface area contributed by atoms with Crippen molar-refractivity contribution in [3.63, 3.8) is 0 Å². The molecule has 0 fully saturated rings. The van der Waals surface area contributed by atoms with Crippen LogP contribution in [-0.2, 0) is 9.53 Å². The normalized spacial score (nSPS) is 12.5. The van der Waals surface area contributed by atoms with Crippen molar-refractivity contribution in [2.45, 2.75) is 20.0 Å². The fraction of sp³-hybridized carbons (Fsp3) is 0.333. The Hall–Kier alpha value is -1.18. The second kappa shape index (κ2) is 3.28. The molecule has 1 aromatic carbocycles. The Morgan fingerprint density at radius 3 is 2.91 bits per heavy atom. The van der Waals surface area contributed by atoms with Crippen molar-refractivity contribution in [2.75, 3.05) is 0 Å². The van der Waals surface area contributed by atoms with Gasteiger partial charge in [0.1, 0.15) is 0 Å². The molecule has 0 aliphatic carbocycles. The fourth-order valence-corrected chi connectivity index (χ4v) is 0.977. The van der Waals surface area contributed by atoms with E-state index in [9.17, 15) is 4.79 Å². The summed E-state index contributed by atoms with van der Waals surface area (Å²) in [5, 5.41) is 0. The van der Waals surface area contributed by atoms with Gasteiger partial charge in [-0.1, -0.05) is 0 Å². The van der Waals surface area contributed by atoms with E-state index in [1.807, 2.05) is 31.2 Å². The molecule has 1 rings (SSSR count). The van der Waals surface area contributed by atoms with Crippen molar-refractivity contribution >= 4 is 5.97 Å². The lowest BCUT2D eigenvalue weighted by Gasteiger charge is -2.14. The molecule has 0 spiro atoms. The van der Waals surface area contributed by atoms with Crippen LogP contribution in [0.25, 0.3) is 0 Å². The van der Waals surface area contributed by atoms with E-state index in [0.717, 1.165) is 5.56 Å². The van der Waals surface area contributed by atoms with Crippen molar-refractivity contribution in [2.24, 2.45) is 0 Å². The predicted octanol–water partition coefficient (Wildman–Crippen LogP) is 2.03. The molecule has 2 nitrogen and oxygen atoms in total. The lowest BCUT2D eigenvalue weighted by atomic mass is 10.2. The summed E-state index contributed by atoms with van der Waals surface area (Å²) in [7, 11) is 0. The Balaban J connectivity index is 2.56. The van der Waals surface area contributed by atoms with Gasteiger partial charge in [-0.05, 0) is 6.92 Å². The zero-order valence-electron chi connectivity index (χ0n) is 6.70. The van der Waals surface area contributed by atoms with Crippen LogP contribution in [0.3, 0.4) is 0 Å². The molecule has 2 heteroatoms. The Morgan fingerprint density at radius 2 is 2.45 bits per heavy atom. The van der Waals surface area contributed by atoms with Crippen LogP contribution < -0.4 is 0 Å². The summed E-state index contributed by atoms with van der Waals surface area (Å²) in [4.78, 5) is 10.5. The Bertz CT molecular complexity index is 224. The Kier molecular flexibility index (Phi) is 2.36. The number of rotatable bonds is 2. The van der Waals surface area contributed by atoms with E-state index >= 15 is 0 Å². The molecule has 11 heavy (non-hydrogen) atoms. The molecule has 1 unspecified atom stereocenters. The van der Waals surface area contributed by atoms with Crippen LogP contribution in [0.2, 0.25) is 0 Å². The third-order valence-corrected chi connectivity index (χ3v) is 1.50. The molecular weight excluding hydrogens is 140 g/mol. The first kappa shape index (κ1) is 7.92. The van der Waals surface area contributed by atoms with Crippen LogP contribution >= 0.6 is 0 Å². The highest BCUT2D eigenvalue weighted by Crippen LogP contribution is 2.16. The third kappa shape index (κ3) is 2.15. The summed E-state index contributed by atoms with van der Waals surface area (Å²) in [5.74, 6) is -0.237. The average Bonchev–Trinajstić information content (AvgIpc) is 2.35. The second-order valence-corrected chi connectivity index (χ2v) is 2.47. The van der Waals surface area contributed by atoms with Gasteiger partial charge in [0.15, 0.2) is 0 Å². The molecule has 1 atom stereocenters. The molecule has 0 saturated carbocycles. The highest BCUT2D eigenvalue weighted by Gasteiger charge is 2.00. The summed E-state index contributed by atoms with van der Waals surface area (Å²) < 4.78 is 4.96. The molecule has 0 N–H and O–H groups in total. The highest BCUT2D eigenvalue weighted by atomic mass is 16.5. The van der Waals surface area contributed by atoms with E-state index in [1.54, 1.807) is 0 Å². The van der Waals surface area contributed by atoms with Gasteiger partial charge >= 0.3 is 5.97 Å². The molecule has 0 radical (unpaired) electrons. The van der Waals surface area contributed by atoms with Gasteiger partial charge in [-0.3, -0.25) is 4.79 Å². The maximum atomic E-state index is 10.5. The topological polar surface area (TPSA) is 26.3 Å². The minimum absolute atomic E-state index is 0.123. The van der Waals surface area contributed by atoms with Gasteiger partial charge in [0.2, 0.25) is 0 Å². The quantitative estimate of drug-likeness (QED) is 0.477. The Morgan fingerprint density at radius 1 is 1.73 bits per heavy atom. The molecule has 0 heterocycles. The van der Waals surface area contributed by atoms with Crippen molar-refractivity contribution in [1.82, 2.24) is 0 Å². The van der Waals surface area contributed by atoms with Gasteiger partial charge < -0.3 is 4.74 Å². The van der Waals surface area contributed by atoms with E-state index in [-0.39, 0.29) is 12.1 Å². The first-order valence-electron chi connectivity index (χ1n) is 3.59. The van der Waals surface area contributed by atoms with Crippen LogP contribution in [0.4, 0.5) is 0 Å². The number of esters is 1. The molecule has 0 saturated heterocycles. The standard InChI is InChI=1S/C9H11O2/c1-7(11-8(2)10)9-5-3-4-6-9/h3-7H,1-2H3/q-1. The van der Waals surface area contributed by atoms with E-state index in [0.29, 0.717) is 0 Å². The van der Waals surface area contributed by atoms with Crippen LogP contribution in [-0.4, -0.2) is 5.97 Å². The van der Waals surface area contributed by atoms with E-state index in [2.05, 4.69) is 0 Å². The van der Waals surface area contributed by atoms with Crippen LogP contribution in [0.5, 0.6) is 0 Å². The molecule has 0 aliphatic heterocycles. The molecule has 60 valence electrons. The van der Waals surface area contributed by atoms with Gasteiger partial charge in [-0.15, -0.1) is 0 Å². The molecule has 0 aromatic heterocycles. The fourth-order valence-electron chi connectivity index (χ4n) is 0.977. The first-order valence-corrected chi connectivity index (χ1v) is 3.59. The second-order valence-electron chi connectivity index (χ2n) is 2.47. The van der Waals surface area contributed by atoms with Crippen LogP contribution in [0.15, 0.2) is 24.3 Å². The number of hydrogen-bond acceptors (Lipinski definition) is 2. The molecule has 0 bridgehead atoms. The van der Waals surface area contributed by atoms with Crippen molar-refractivity contribution in [1.29, 1.82) is 0 Å². The van der Waals surface area contributed by atoms with Crippen molar-refractivity contribution < 1.29 is 9.53 Å². The number of carbonyl (C=O) groups excluding carboxylic acids is 1. The van der Waals surface area contributed by atoms with Gasteiger partial charge in [0.05, 0.1) is 6.10 Å². The van der Waals surface area contributed by atoms with E-state index < -0.39 is 0 Å².